The monoisotopic (exact) mass is 573 g/mol. The number of carbonyl (C=O) groups is 4. The second-order valence-corrected chi connectivity index (χ2v) is 10.8. The fourth-order valence-electron chi connectivity index (χ4n) is 4.77. The molecule has 1 amide bonds. The second kappa shape index (κ2) is 11.9. The Kier molecular flexibility index (Phi) is 8.70. The highest BCUT2D eigenvalue weighted by molar-refractivity contribution is 6.31. The Labute approximate surface area is 237 Å². The van der Waals surface area contributed by atoms with Crippen LogP contribution in [-0.2, 0) is 44.5 Å². The van der Waals surface area contributed by atoms with Gasteiger partial charge in [0.25, 0.3) is 5.91 Å². The van der Waals surface area contributed by atoms with Crippen molar-refractivity contribution in [3.8, 4) is 5.75 Å². The number of benzene rings is 2. The Morgan fingerprint density at radius 1 is 1.02 bits per heavy atom. The molecule has 1 fully saturated rings. The number of hydrogen-bond donors (Lipinski definition) is 1. The molecule has 1 N–H and O–H groups in total. The lowest BCUT2D eigenvalue weighted by atomic mass is 9.92. The number of halogens is 1. The average molecular weight is 574 g/mol. The molecule has 2 heterocycles. The van der Waals surface area contributed by atoms with Gasteiger partial charge in [0.05, 0.1) is 11.8 Å². The fraction of sp³-hybridized carbons (Fsp3) is 0.448. The van der Waals surface area contributed by atoms with Gasteiger partial charge in [-0.05, 0) is 55.2 Å². The van der Waals surface area contributed by atoms with E-state index in [-0.39, 0.29) is 18.9 Å². The quantitative estimate of drug-likeness (QED) is 0.381. The highest BCUT2D eigenvalue weighted by atomic mass is 35.5. The summed E-state index contributed by atoms with van der Waals surface area (Å²) in [5, 5.41) is 3.42. The summed E-state index contributed by atoms with van der Waals surface area (Å²) in [5.41, 5.74) is 2.07. The lowest BCUT2D eigenvalue weighted by molar-refractivity contribution is -0.216. The van der Waals surface area contributed by atoms with Crippen LogP contribution < -0.4 is 10.1 Å². The van der Waals surface area contributed by atoms with E-state index >= 15 is 0 Å². The summed E-state index contributed by atoms with van der Waals surface area (Å²) in [6.07, 6.45) is -2.58. The molecule has 214 valence electrons. The molecule has 0 saturated carbocycles. The van der Waals surface area contributed by atoms with Crippen LogP contribution in [0.1, 0.15) is 63.8 Å². The lowest BCUT2D eigenvalue weighted by Crippen LogP contribution is -2.51. The topological polar surface area (TPSA) is 126 Å². The van der Waals surface area contributed by atoms with Gasteiger partial charge in [0.1, 0.15) is 24.6 Å². The van der Waals surface area contributed by atoms with E-state index in [0.717, 1.165) is 16.7 Å². The number of rotatable bonds is 7. The third kappa shape index (κ3) is 6.92. The Morgan fingerprint density at radius 2 is 1.75 bits per heavy atom. The van der Waals surface area contributed by atoms with E-state index in [2.05, 4.69) is 5.32 Å². The van der Waals surface area contributed by atoms with Crippen LogP contribution in [0.5, 0.6) is 5.75 Å². The summed E-state index contributed by atoms with van der Waals surface area (Å²) in [7, 11) is 0. The van der Waals surface area contributed by atoms with Gasteiger partial charge in [0, 0.05) is 32.2 Å². The Hall–Kier alpha value is -3.63. The van der Waals surface area contributed by atoms with Crippen molar-refractivity contribution in [3.63, 3.8) is 0 Å². The first-order chi connectivity index (χ1) is 18.8. The number of amides is 1. The van der Waals surface area contributed by atoms with Crippen LogP contribution in [0, 0.1) is 0 Å². The van der Waals surface area contributed by atoms with Gasteiger partial charge < -0.3 is 29.0 Å². The smallest absolute Gasteiger partial charge is 0.303 e. The predicted octanol–water partition coefficient (Wildman–Crippen LogP) is 4.30. The van der Waals surface area contributed by atoms with Crippen molar-refractivity contribution < 1.29 is 42.9 Å². The first kappa shape index (κ1) is 29.4. The molecule has 3 unspecified atom stereocenters. The molecule has 0 aromatic heterocycles. The molecule has 2 aromatic carbocycles. The summed E-state index contributed by atoms with van der Waals surface area (Å²) in [6.45, 7) is 6.98. The summed E-state index contributed by atoms with van der Waals surface area (Å²) in [4.78, 5) is 47.5. The molecule has 10 nitrogen and oxygen atoms in total. The number of anilines is 1. The molecule has 4 atom stereocenters. The van der Waals surface area contributed by atoms with Crippen molar-refractivity contribution in [2.24, 2.45) is 0 Å². The first-order valence-corrected chi connectivity index (χ1v) is 13.2. The molecule has 11 heteroatoms. The van der Waals surface area contributed by atoms with Crippen molar-refractivity contribution >= 4 is 41.1 Å². The van der Waals surface area contributed by atoms with Crippen molar-refractivity contribution in [2.45, 2.75) is 77.5 Å². The van der Waals surface area contributed by atoms with Crippen molar-refractivity contribution in [1.29, 1.82) is 0 Å². The highest BCUT2D eigenvalue weighted by Crippen LogP contribution is 2.38. The van der Waals surface area contributed by atoms with Crippen LogP contribution in [0.2, 0.25) is 5.02 Å². The van der Waals surface area contributed by atoms with E-state index in [9.17, 15) is 19.2 Å². The van der Waals surface area contributed by atoms with Crippen LogP contribution in [0.4, 0.5) is 5.69 Å². The largest absolute Gasteiger partial charge is 0.476 e. The summed E-state index contributed by atoms with van der Waals surface area (Å²) in [5.74, 6) is -1.30. The SMILES string of the molecule is CC(=O)OCC1OC(c2ccc(Cl)c(Cc3ccc4c(c3)NC(=O)C(C)(C)O4)c2)CC(OC(C)=O)[C@@H]1OC(C)=O. The molecule has 0 aliphatic carbocycles. The average Bonchev–Trinajstić information content (AvgIpc) is 2.85. The fourth-order valence-corrected chi connectivity index (χ4v) is 4.95. The first-order valence-electron chi connectivity index (χ1n) is 12.9. The standard InChI is InChI=1S/C29H32ClNO9/c1-15(32)36-14-26-27(38-17(3)34)25(37-16(2)33)13-24(39-26)19-7-8-21(30)20(12-19)10-18-6-9-23-22(11-18)31-28(35)29(4,5)40-23/h6-9,11-12,24-27H,10,13-14H2,1-5H3,(H,31,35)/t24?,25?,26?,27-/m0/s1. The van der Waals surface area contributed by atoms with Crippen molar-refractivity contribution in [2.75, 3.05) is 11.9 Å². The van der Waals surface area contributed by atoms with E-state index in [1.807, 2.05) is 24.3 Å². The van der Waals surface area contributed by atoms with Gasteiger partial charge in [-0.15, -0.1) is 0 Å². The third-order valence-electron chi connectivity index (χ3n) is 6.63. The minimum atomic E-state index is -0.960. The molecule has 0 bridgehead atoms. The predicted molar refractivity (Wildman–Crippen MR) is 144 cm³/mol. The molecule has 0 spiro atoms. The molecule has 1 saturated heterocycles. The maximum absolute atomic E-state index is 12.4. The Morgan fingerprint density at radius 3 is 2.42 bits per heavy atom. The lowest BCUT2D eigenvalue weighted by Gasteiger charge is -2.40. The minimum absolute atomic E-state index is 0.193. The third-order valence-corrected chi connectivity index (χ3v) is 7.00. The molecule has 2 aromatic rings. The van der Waals surface area contributed by atoms with Crippen LogP contribution in [0.3, 0.4) is 0 Å². The summed E-state index contributed by atoms with van der Waals surface area (Å²) in [6, 6.07) is 11.0. The number of ether oxygens (including phenoxy) is 5. The van der Waals surface area contributed by atoms with Gasteiger partial charge >= 0.3 is 17.9 Å². The summed E-state index contributed by atoms with van der Waals surface area (Å²) >= 11 is 6.56. The number of hydrogen-bond acceptors (Lipinski definition) is 9. The molecular formula is C29H32ClNO9. The molecule has 4 rings (SSSR count). The number of carbonyl (C=O) groups excluding carboxylic acids is 4. The van der Waals surface area contributed by atoms with E-state index in [4.69, 9.17) is 35.3 Å². The zero-order chi connectivity index (χ0) is 29.2. The Balaban J connectivity index is 1.60. The maximum Gasteiger partial charge on any atom is 0.303 e. The molecule has 2 aliphatic rings. The van der Waals surface area contributed by atoms with Crippen LogP contribution in [0.25, 0.3) is 0 Å². The zero-order valence-electron chi connectivity index (χ0n) is 22.9. The van der Waals surface area contributed by atoms with E-state index in [1.165, 1.54) is 20.8 Å². The zero-order valence-corrected chi connectivity index (χ0v) is 23.7. The molecule has 40 heavy (non-hydrogen) atoms. The molecule has 2 aliphatic heterocycles. The van der Waals surface area contributed by atoms with Gasteiger partial charge in [-0.3, -0.25) is 19.2 Å². The van der Waals surface area contributed by atoms with Gasteiger partial charge in [-0.2, -0.15) is 0 Å². The van der Waals surface area contributed by atoms with Crippen molar-refractivity contribution in [3.05, 3.63) is 58.1 Å². The Bertz CT molecular complexity index is 1320. The highest BCUT2D eigenvalue weighted by Gasteiger charge is 2.44. The van der Waals surface area contributed by atoms with Crippen LogP contribution >= 0.6 is 11.6 Å². The minimum Gasteiger partial charge on any atom is -0.476 e. The van der Waals surface area contributed by atoms with Crippen LogP contribution in [0.15, 0.2) is 36.4 Å². The van der Waals surface area contributed by atoms with Crippen LogP contribution in [-0.4, -0.2) is 54.3 Å². The van der Waals surface area contributed by atoms with Gasteiger partial charge in [0.15, 0.2) is 11.7 Å². The van der Waals surface area contributed by atoms with Gasteiger partial charge in [-0.1, -0.05) is 29.8 Å². The maximum atomic E-state index is 12.4. The van der Waals surface area contributed by atoms with Gasteiger partial charge in [0.2, 0.25) is 0 Å². The molecular weight excluding hydrogens is 542 g/mol. The van der Waals surface area contributed by atoms with E-state index < -0.39 is 47.9 Å². The van der Waals surface area contributed by atoms with Gasteiger partial charge in [-0.25, -0.2) is 0 Å². The second-order valence-electron chi connectivity index (χ2n) is 10.3. The normalized spacial score (nSPS) is 23.2. The number of nitrogens with one attached hydrogen (secondary N) is 1. The number of esters is 3. The molecule has 0 radical (unpaired) electrons. The van der Waals surface area contributed by atoms with Crippen molar-refractivity contribution in [1.82, 2.24) is 0 Å². The van der Waals surface area contributed by atoms with E-state index in [0.29, 0.717) is 22.9 Å². The van der Waals surface area contributed by atoms with E-state index in [1.54, 1.807) is 26.0 Å². The number of fused-ring (bicyclic) bond motifs is 1. The summed E-state index contributed by atoms with van der Waals surface area (Å²) < 4.78 is 28.2.